The first-order valence-electron chi connectivity index (χ1n) is 4.25. The van der Waals surface area contributed by atoms with E-state index >= 15 is 0 Å². The summed E-state index contributed by atoms with van der Waals surface area (Å²) in [6.07, 6.45) is 3.23. The van der Waals surface area contributed by atoms with E-state index in [1.54, 1.807) is 12.4 Å². The predicted molar refractivity (Wildman–Crippen MR) is 60.4 cm³/mol. The summed E-state index contributed by atoms with van der Waals surface area (Å²) >= 11 is 0. The van der Waals surface area contributed by atoms with Crippen LogP contribution in [0, 0.1) is 13.8 Å². The van der Waals surface area contributed by atoms with Crippen LogP contribution in [0.25, 0.3) is 0 Å². The van der Waals surface area contributed by atoms with Crippen molar-refractivity contribution in [3.63, 3.8) is 0 Å². The number of hydrogen-bond acceptors (Lipinski definition) is 3. The van der Waals surface area contributed by atoms with Crippen molar-refractivity contribution in [2.75, 3.05) is 0 Å². The molecule has 0 fully saturated rings. The summed E-state index contributed by atoms with van der Waals surface area (Å²) in [4.78, 5) is 25.3. The molecule has 2 aromatic rings. The number of rotatable bonds is 2. The Hall–Kier alpha value is -1.43. The van der Waals surface area contributed by atoms with Crippen LogP contribution in [0.1, 0.15) is 27.8 Å². The molecule has 0 saturated heterocycles. The summed E-state index contributed by atoms with van der Waals surface area (Å²) in [7, 11) is 0. The van der Waals surface area contributed by atoms with Crippen LogP contribution in [0.3, 0.4) is 0 Å². The Bertz CT molecular complexity index is 432. The van der Waals surface area contributed by atoms with Crippen molar-refractivity contribution < 1.29 is 4.79 Å². The first-order chi connectivity index (χ1) is 6.66. The maximum absolute atomic E-state index is 11.7. The number of ketones is 1. The van der Waals surface area contributed by atoms with Crippen molar-refractivity contribution in [2.45, 2.75) is 13.8 Å². The molecule has 2 heterocycles. The molecule has 6 heteroatoms. The number of carbonyl (C=O) groups is 1. The van der Waals surface area contributed by atoms with E-state index in [9.17, 15) is 4.79 Å². The predicted octanol–water partition coefficient (Wildman–Crippen LogP) is 1.56. The minimum absolute atomic E-state index is 0. The maximum atomic E-state index is 11.7. The Morgan fingerprint density at radius 2 is 1.47 bits per heavy atom. The average molecular weight is 271 g/mol. The van der Waals surface area contributed by atoms with Crippen molar-refractivity contribution in [3.8, 4) is 0 Å². The van der Waals surface area contributed by atoms with Gasteiger partial charge in [0, 0.05) is 23.8 Å². The van der Waals surface area contributed by atoms with Crippen LogP contribution in [0.2, 0.25) is 0 Å². The number of nitrogens with zero attached hydrogens (tertiary/aromatic N) is 2. The van der Waals surface area contributed by atoms with Gasteiger partial charge in [-0.1, -0.05) is 0 Å². The number of nitrogens with one attached hydrogen (secondary N) is 2. The fourth-order valence-corrected chi connectivity index (χ4v) is 1.17. The lowest BCUT2D eigenvalue weighted by Crippen LogP contribution is -2.05. The van der Waals surface area contributed by atoms with E-state index in [0.717, 1.165) is 11.4 Å². The van der Waals surface area contributed by atoms with Gasteiger partial charge in [-0.2, -0.15) is 0 Å². The lowest BCUT2D eigenvalue weighted by molar-refractivity contribution is 0.102. The molecule has 5 nitrogen and oxygen atoms in total. The van der Waals surface area contributed by atoms with Gasteiger partial charge < -0.3 is 9.97 Å². The molecule has 0 aliphatic carbocycles. The Balaban J connectivity index is 0.00000112. The van der Waals surface area contributed by atoms with Crippen molar-refractivity contribution in [1.29, 1.82) is 0 Å². The quantitative estimate of drug-likeness (QED) is 0.814. The van der Waals surface area contributed by atoms with Crippen LogP contribution >= 0.6 is 17.0 Å². The summed E-state index contributed by atoms with van der Waals surface area (Å²) in [6.45, 7) is 3.69. The summed E-state index contributed by atoms with van der Waals surface area (Å²) in [5, 5.41) is 0. The standard InChI is InChI=1S/C9H10N4O.BrH/c1-5-3-10-8(12-5)7(14)9-11-4-6(2)13-9;/h3-4H,1-2H3,(H,10,12)(H,11,13);1H. The Kier molecular flexibility index (Phi) is 3.41. The molecule has 0 bridgehead atoms. The van der Waals surface area contributed by atoms with Crippen LogP contribution in [-0.4, -0.2) is 25.7 Å². The molecule has 0 amide bonds. The summed E-state index contributed by atoms with van der Waals surface area (Å²) < 4.78 is 0. The molecule has 0 saturated carbocycles. The van der Waals surface area contributed by atoms with Gasteiger partial charge in [-0.05, 0) is 13.8 Å². The molecular formula is C9H11BrN4O. The highest BCUT2D eigenvalue weighted by Crippen LogP contribution is 2.03. The molecule has 0 aliphatic rings. The number of H-pyrrole nitrogens is 2. The molecule has 15 heavy (non-hydrogen) atoms. The number of aromatic nitrogens is 4. The molecule has 2 N–H and O–H groups in total. The number of imidazole rings is 2. The van der Waals surface area contributed by atoms with Gasteiger partial charge in [0.1, 0.15) is 0 Å². The minimum Gasteiger partial charge on any atom is -0.339 e. The van der Waals surface area contributed by atoms with Crippen LogP contribution in [0.5, 0.6) is 0 Å². The van der Waals surface area contributed by atoms with Gasteiger partial charge in [0.25, 0.3) is 5.78 Å². The first-order valence-corrected chi connectivity index (χ1v) is 4.25. The van der Waals surface area contributed by atoms with E-state index in [0.29, 0.717) is 11.6 Å². The monoisotopic (exact) mass is 270 g/mol. The molecule has 0 spiro atoms. The molecule has 2 aromatic heterocycles. The van der Waals surface area contributed by atoms with Crippen LogP contribution in [0.4, 0.5) is 0 Å². The van der Waals surface area contributed by atoms with Crippen molar-refractivity contribution in [1.82, 2.24) is 19.9 Å². The molecule has 0 unspecified atom stereocenters. The van der Waals surface area contributed by atoms with Gasteiger partial charge in [0.05, 0.1) is 0 Å². The summed E-state index contributed by atoms with van der Waals surface area (Å²) in [5.41, 5.74) is 1.72. The zero-order valence-electron chi connectivity index (χ0n) is 8.37. The Labute approximate surface area is 97.1 Å². The highest BCUT2D eigenvalue weighted by atomic mass is 79.9. The second-order valence-electron chi connectivity index (χ2n) is 3.16. The van der Waals surface area contributed by atoms with Gasteiger partial charge in [-0.3, -0.25) is 4.79 Å². The van der Waals surface area contributed by atoms with Gasteiger partial charge in [-0.15, -0.1) is 17.0 Å². The SMILES string of the molecule is Br.Cc1cnc(C(=O)c2ncc(C)[nH]2)[nH]1. The third-order valence-electron chi connectivity index (χ3n) is 1.84. The van der Waals surface area contributed by atoms with Crippen LogP contribution in [0.15, 0.2) is 12.4 Å². The Morgan fingerprint density at radius 1 is 1.07 bits per heavy atom. The molecular weight excluding hydrogens is 260 g/mol. The molecule has 0 aromatic carbocycles. The summed E-state index contributed by atoms with van der Waals surface area (Å²) in [6, 6.07) is 0. The minimum atomic E-state index is -0.216. The van der Waals surface area contributed by atoms with E-state index in [1.807, 2.05) is 13.8 Å². The highest BCUT2D eigenvalue weighted by Gasteiger charge is 2.14. The van der Waals surface area contributed by atoms with Crippen molar-refractivity contribution in [3.05, 3.63) is 35.4 Å². The maximum Gasteiger partial charge on any atom is 0.263 e. The number of halogens is 1. The first kappa shape index (κ1) is 11.6. The second kappa shape index (κ2) is 4.39. The normalized spacial score (nSPS) is 9.73. The zero-order valence-corrected chi connectivity index (χ0v) is 10.1. The topological polar surface area (TPSA) is 74.4 Å². The molecule has 80 valence electrons. The number of carbonyl (C=O) groups excluding carboxylic acids is 1. The van der Waals surface area contributed by atoms with Gasteiger partial charge in [0.15, 0.2) is 11.6 Å². The van der Waals surface area contributed by atoms with Crippen molar-refractivity contribution >= 4 is 22.8 Å². The molecule has 0 aliphatic heterocycles. The lowest BCUT2D eigenvalue weighted by atomic mass is 10.3. The van der Waals surface area contributed by atoms with E-state index in [-0.39, 0.29) is 22.8 Å². The molecule has 2 rings (SSSR count). The highest BCUT2D eigenvalue weighted by molar-refractivity contribution is 8.93. The van der Waals surface area contributed by atoms with Crippen molar-refractivity contribution in [2.24, 2.45) is 0 Å². The number of hydrogen-bond donors (Lipinski definition) is 2. The smallest absolute Gasteiger partial charge is 0.263 e. The molecule has 0 radical (unpaired) electrons. The largest absolute Gasteiger partial charge is 0.339 e. The van der Waals surface area contributed by atoms with E-state index in [2.05, 4.69) is 19.9 Å². The Morgan fingerprint density at radius 3 is 1.73 bits per heavy atom. The van der Waals surface area contributed by atoms with Gasteiger partial charge >= 0.3 is 0 Å². The van der Waals surface area contributed by atoms with Crippen LogP contribution < -0.4 is 0 Å². The third kappa shape index (κ3) is 2.33. The zero-order chi connectivity index (χ0) is 10.1. The number of aromatic amines is 2. The molecule has 0 atom stereocenters. The van der Waals surface area contributed by atoms with E-state index in [1.165, 1.54) is 0 Å². The fraction of sp³-hybridized carbons (Fsp3) is 0.222. The summed E-state index contributed by atoms with van der Waals surface area (Å²) in [5.74, 6) is 0.417. The van der Waals surface area contributed by atoms with E-state index < -0.39 is 0 Å². The van der Waals surface area contributed by atoms with Gasteiger partial charge in [0.2, 0.25) is 0 Å². The third-order valence-corrected chi connectivity index (χ3v) is 1.84. The fourth-order valence-electron chi connectivity index (χ4n) is 1.17. The average Bonchev–Trinajstić information content (AvgIpc) is 2.73. The van der Waals surface area contributed by atoms with E-state index in [4.69, 9.17) is 0 Å². The van der Waals surface area contributed by atoms with Gasteiger partial charge in [-0.25, -0.2) is 9.97 Å². The number of aryl methyl sites for hydroxylation is 2. The second-order valence-corrected chi connectivity index (χ2v) is 3.16. The van der Waals surface area contributed by atoms with Crippen LogP contribution in [-0.2, 0) is 0 Å². The lowest BCUT2D eigenvalue weighted by Gasteiger charge is -1.90.